The van der Waals surface area contributed by atoms with Crippen LogP contribution in [0.3, 0.4) is 0 Å². The second-order valence-electron chi connectivity index (χ2n) is 6.01. The standard InChI is InChI=1S/C19H17NO5/c1-25-18(24)19(17(20)23,10-15(21)22)16-13-8-4-2-6-11(13)12-7-3-5-9-14(12)16/h2-9,16H,10H2,1H3,(H2,20,23)(H,21,22). The summed E-state index contributed by atoms with van der Waals surface area (Å²) in [5.74, 6) is -4.08. The highest BCUT2D eigenvalue weighted by atomic mass is 16.5. The Bertz CT molecular complexity index is 830. The summed E-state index contributed by atoms with van der Waals surface area (Å²) in [6.45, 7) is 0. The van der Waals surface area contributed by atoms with E-state index in [2.05, 4.69) is 0 Å². The van der Waals surface area contributed by atoms with Crippen molar-refractivity contribution in [2.45, 2.75) is 12.3 Å². The molecule has 1 aliphatic carbocycles. The second-order valence-corrected chi connectivity index (χ2v) is 6.01. The van der Waals surface area contributed by atoms with Gasteiger partial charge in [0.1, 0.15) is 0 Å². The largest absolute Gasteiger partial charge is 0.481 e. The van der Waals surface area contributed by atoms with Gasteiger partial charge in [-0.15, -0.1) is 0 Å². The van der Waals surface area contributed by atoms with Crippen molar-refractivity contribution in [3.8, 4) is 11.1 Å². The Morgan fingerprint density at radius 2 is 1.52 bits per heavy atom. The summed E-state index contributed by atoms with van der Waals surface area (Å²) in [6, 6.07) is 14.6. The molecule has 1 amide bonds. The van der Waals surface area contributed by atoms with E-state index < -0.39 is 35.6 Å². The van der Waals surface area contributed by atoms with Crippen LogP contribution in [0.15, 0.2) is 48.5 Å². The predicted molar refractivity (Wildman–Crippen MR) is 89.6 cm³/mol. The third-order valence-electron chi connectivity index (χ3n) is 4.75. The number of carboxylic acid groups (broad SMARTS) is 1. The minimum atomic E-state index is -2.02. The van der Waals surface area contributed by atoms with Gasteiger partial charge in [0, 0.05) is 5.92 Å². The number of esters is 1. The van der Waals surface area contributed by atoms with Crippen molar-refractivity contribution < 1.29 is 24.2 Å². The number of amides is 1. The number of methoxy groups -OCH3 is 1. The molecule has 1 atom stereocenters. The summed E-state index contributed by atoms with van der Waals surface area (Å²) >= 11 is 0. The van der Waals surface area contributed by atoms with E-state index in [0.717, 1.165) is 18.2 Å². The van der Waals surface area contributed by atoms with Gasteiger partial charge in [-0.1, -0.05) is 48.5 Å². The third kappa shape index (κ3) is 2.38. The number of ether oxygens (including phenoxy) is 1. The number of carboxylic acids is 1. The molecule has 0 heterocycles. The minimum absolute atomic E-state index is 0.689. The lowest BCUT2D eigenvalue weighted by molar-refractivity contribution is -0.164. The second kappa shape index (κ2) is 6.05. The van der Waals surface area contributed by atoms with Crippen LogP contribution in [0.2, 0.25) is 0 Å². The van der Waals surface area contributed by atoms with E-state index in [4.69, 9.17) is 10.5 Å². The van der Waals surface area contributed by atoms with Gasteiger partial charge in [-0.2, -0.15) is 0 Å². The van der Waals surface area contributed by atoms with Gasteiger partial charge >= 0.3 is 11.9 Å². The van der Waals surface area contributed by atoms with Crippen molar-refractivity contribution >= 4 is 17.8 Å². The highest BCUT2D eigenvalue weighted by molar-refractivity contribution is 6.07. The van der Waals surface area contributed by atoms with Crippen molar-refractivity contribution in [1.82, 2.24) is 0 Å². The molecule has 0 radical (unpaired) electrons. The smallest absolute Gasteiger partial charge is 0.322 e. The van der Waals surface area contributed by atoms with Crippen LogP contribution in [-0.4, -0.2) is 30.1 Å². The predicted octanol–water partition coefficient (Wildman–Crippen LogP) is 1.92. The summed E-state index contributed by atoms with van der Waals surface area (Å²) in [4.78, 5) is 36.6. The summed E-state index contributed by atoms with van der Waals surface area (Å²) < 4.78 is 4.82. The molecule has 1 unspecified atom stereocenters. The van der Waals surface area contributed by atoms with Crippen molar-refractivity contribution in [3.05, 3.63) is 59.7 Å². The minimum Gasteiger partial charge on any atom is -0.481 e. The molecule has 0 fully saturated rings. The number of hydrogen-bond acceptors (Lipinski definition) is 4. The van der Waals surface area contributed by atoms with E-state index in [0.29, 0.717) is 11.1 Å². The number of nitrogens with two attached hydrogens (primary N) is 1. The van der Waals surface area contributed by atoms with Crippen LogP contribution < -0.4 is 5.73 Å². The lowest BCUT2D eigenvalue weighted by atomic mass is 9.68. The first-order valence-electron chi connectivity index (χ1n) is 7.71. The fourth-order valence-corrected chi connectivity index (χ4v) is 3.73. The topological polar surface area (TPSA) is 107 Å². The van der Waals surface area contributed by atoms with E-state index in [1.165, 1.54) is 0 Å². The molecule has 3 rings (SSSR count). The summed E-state index contributed by atoms with van der Waals surface area (Å²) in [5, 5.41) is 9.38. The lowest BCUT2D eigenvalue weighted by Gasteiger charge is -2.33. The zero-order chi connectivity index (χ0) is 18.2. The number of rotatable bonds is 5. The Morgan fingerprint density at radius 1 is 1.04 bits per heavy atom. The Balaban J connectivity index is 2.34. The lowest BCUT2D eigenvalue weighted by Crippen LogP contribution is -2.50. The number of primary amides is 1. The van der Waals surface area contributed by atoms with Crippen LogP contribution in [0.4, 0.5) is 0 Å². The highest BCUT2D eigenvalue weighted by Crippen LogP contribution is 2.54. The van der Waals surface area contributed by atoms with Gasteiger partial charge in [-0.05, 0) is 22.3 Å². The molecule has 0 spiro atoms. The van der Waals surface area contributed by atoms with E-state index in [1.807, 2.05) is 24.3 Å². The molecule has 0 aliphatic heterocycles. The van der Waals surface area contributed by atoms with Gasteiger partial charge in [0.15, 0.2) is 5.41 Å². The molecule has 25 heavy (non-hydrogen) atoms. The molecule has 128 valence electrons. The van der Waals surface area contributed by atoms with Gasteiger partial charge < -0.3 is 15.6 Å². The maximum Gasteiger partial charge on any atom is 0.322 e. The number of carbonyl (C=O) groups excluding carboxylic acids is 2. The van der Waals surface area contributed by atoms with Gasteiger partial charge in [0.05, 0.1) is 13.5 Å². The Labute approximate surface area is 144 Å². The average molecular weight is 339 g/mol. The first-order chi connectivity index (χ1) is 11.9. The SMILES string of the molecule is COC(=O)C(CC(=O)O)(C(N)=O)C1c2ccccc2-c2ccccc21. The molecular formula is C19H17NO5. The average Bonchev–Trinajstić information content (AvgIpc) is 2.93. The molecule has 0 bridgehead atoms. The van der Waals surface area contributed by atoms with Crippen LogP contribution in [0.25, 0.3) is 11.1 Å². The molecule has 1 aliphatic rings. The number of benzene rings is 2. The maximum absolute atomic E-state index is 12.6. The number of fused-ring (bicyclic) bond motifs is 3. The van der Waals surface area contributed by atoms with Crippen molar-refractivity contribution in [2.24, 2.45) is 11.1 Å². The van der Waals surface area contributed by atoms with Crippen molar-refractivity contribution in [3.63, 3.8) is 0 Å². The van der Waals surface area contributed by atoms with Gasteiger partial charge in [0.25, 0.3) is 0 Å². The normalized spacial score (nSPS) is 14.9. The maximum atomic E-state index is 12.6. The molecule has 6 heteroatoms. The first kappa shape index (κ1) is 16.7. The Hall–Kier alpha value is -3.15. The molecular weight excluding hydrogens is 322 g/mol. The Kier molecular flexibility index (Phi) is 4.04. The monoisotopic (exact) mass is 339 g/mol. The fourth-order valence-electron chi connectivity index (χ4n) is 3.73. The fraction of sp³-hybridized carbons (Fsp3) is 0.211. The van der Waals surface area contributed by atoms with Crippen LogP contribution in [0, 0.1) is 5.41 Å². The number of aliphatic carboxylic acids is 1. The Morgan fingerprint density at radius 3 is 1.92 bits per heavy atom. The van der Waals surface area contributed by atoms with Gasteiger partial charge in [-0.25, -0.2) is 0 Å². The molecule has 2 aromatic carbocycles. The zero-order valence-electron chi connectivity index (χ0n) is 13.6. The van der Waals surface area contributed by atoms with Crippen molar-refractivity contribution in [2.75, 3.05) is 7.11 Å². The van der Waals surface area contributed by atoms with E-state index >= 15 is 0 Å². The molecule has 6 nitrogen and oxygen atoms in total. The third-order valence-corrected chi connectivity index (χ3v) is 4.75. The molecule has 2 aromatic rings. The number of carbonyl (C=O) groups is 3. The molecule has 0 saturated heterocycles. The van der Waals surface area contributed by atoms with Crippen LogP contribution >= 0.6 is 0 Å². The van der Waals surface area contributed by atoms with E-state index in [1.54, 1.807) is 24.3 Å². The number of hydrogen-bond donors (Lipinski definition) is 2. The first-order valence-corrected chi connectivity index (χ1v) is 7.71. The van der Waals surface area contributed by atoms with Gasteiger partial charge in [-0.3, -0.25) is 14.4 Å². The van der Waals surface area contributed by atoms with Gasteiger partial charge in [0.2, 0.25) is 5.91 Å². The quantitative estimate of drug-likeness (QED) is 0.639. The molecule has 0 aromatic heterocycles. The highest BCUT2D eigenvalue weighted by Gasteiger charge is 2.57. The molecule has 3 N–H and O–H groups in total. The summed E-state index contributed by atoms with van der Waals surface area (Å²) in [5.41, 5.74) is 6.64. The summed E-state index contributed by atoms with van der Waals surface area (Å²) in [7, 11) is 1.12. The zero-order valence-corrected chi connectivity index (χ0v) is 13.6. The summed E-state index contributed by atoms with van der Waals surface area (Å²) in [6.07, 6.45) is -0.748. The van der Waals surface area contributed by atoms with Crippen LogP contribution in [0.5, 0.6) is 0 Å². The molecule has 0 saturated carbocycles. The van der Waals surface area contributed by atoms with E-state index in [9.17, 15) is 19.5 Å². The van der Waals surface area contributed by atoms with Crippen molar-refractivity contribution in [1.29, 1.82) is 0 Å². The van der Waals surface area contributed by atoms with E-state index in [-0.39, 0.29) is 0 Å². The van der Waals surface area contributed by atoms with Crippen LogP contribution in [0.1, 0.15) is 23.5 Å². The van der Waals surface area contributed by atoms with Crippen LogP contribution in [-0.2, 0) is 19.1 Å².